The van der Waals surface area contributed by atoms with Crippen molar-refractivity contribution in [2.45, 2.75) is 25.7 Å². The molecule has 1 aliphatic carbocycles. The van der Waals surface area contributed by atoms with Crippen LogP contribution in [0, 0.1) is 0 Å². The number of nitrogens with one attached hydrogen (secondary N) is 2. The van der Waals surface area contributed by atoms with Crippen LogP contribution in [-0.4, -0.2) is 26.5 Å². The van der Waals surface area contributed by atoms with Crippen molar-refractivity contribution >= 4 is 11.6 Å². The van der Waals surface area contributed by atoms with Crippen LogP contribution in [0.4, 0.5) is 5.69 Å². The second-order valence-corrected chi connectivity index (χ2v) is 5.93. The van der Waals surface area contributed by atoms with E-state index >= 15 is 0 Å². The molecule has 6 heteroatoms. The lowest BCUT2D eigenvalue weighted by Crippen LogP contribution is -2.14. The van der Waals surface area contributed by atoms with Gasteiger partial charge in [0.2, 0.25) is 5.82 Å². The van der Waals surface area contributed by atoms with Crippen LogP contribution in [0.3, 0.4) is 0 Å². The van der Waals surface area contributed by atoms with Crippen LogP contribution in [0.15, 0.2) is 42.5 Å². The van der Waals surface area contributed by atoms with Crippen LogP contribution in [0.1, 0.15) is 34.3 Å². The molecular formula is C18H17N5O. The van der Waals surface area contributed by atoms with Crippen LogP contribution in [-0.2, 0) is 12.8 Å². The Hall–Kier alpha value is -3.02. The van der Waals surface area contributed by atoms with Crippen molar-refractivity contribution in [3.8, 4) is 11.4 Å². The van der Waals surface area contributed by atoms with Crippen molar-refractivity contribution in [1.82, 2.24) is 20.6 Å². The molecule has 1 aliphatic rings. The highest BCUT2D eigenvalue weighted by atomic mass is 16.1. The average Bonchev–Trinajstić information content (AvgIpc) is 3.16. The van der Waals surface area contributed by atoms with Crippen LogP contribution < -0.4 is 5.32 Å². The van der Waals surface area contributed by atoms with E-state index in [0.717, 1.165) is 18.4 Å². The van der Waals surface area contributed by atoms with Gasteiger partial charge >= 0.3 is 0 Å². The Morgan fingerprint density at radius 1 is 1.04 bits per heavy atom. The molecule has 1 heterocycles. The number of hydrogen-bond acceptors (Lipinski definition) is 4. The average molecular weight is 319 g/mol. The second kappa shape index (κ2) is 6.23. The van der Waals surface area contributed by atoms with E-state index in [1.165, 1.54) is 24.0 Å². The summed E-state index contributed by atoms with van der Waals surface area (Å²) < 4.78 is 0. The van der Waals surface area contributed by atoms with Gasteiger partial charge in [-0.05, 0) is 66.3 Å². The number of nitrogens with zero attached hydrogens (tertiary/aromatic N) is 3. The summed E-state index contributed by atoms with van der Waals surface area (Å²) in [6, 6.07) is 13.4. The molecule has 4 rings (SSSR count). The van der Waals surface area contributed by atoms with Gasteiger partial charge in [0.25, 0.3) is 5.91 Å². The first-order valence-electron chi connectivity index (χ1n) is 8.07. The van der Waals surface area contributed by atoms with E-state index in [1.54, 1.807) is 0 Å². The van der Waals surface area contributed by atoms with Crippen LogP contribution in [0.25, 0.3) is 11.4 Å². The molecule has 0 atom stereocenters. The zero-order valence-electron chi connectivity index (χ0n) is 13.1. The summed E-state index contributed by atoms with van der Waals surface area (Å²) in [6.07, 6.45) is 4.59. The first kappa shape index (κ1) is 14.6. The molecule has 0 saturated carbocycles. The molecule has 2 aromatic carbocycles. The van der Waals surface area contributed by atoms with E-state index in [-0.39, 0.29) is 5.91 Å². The predicted molar refractivity (Wildman–Crippen MR) is 90.7 cm³/mol. The molecule has 2 N–H and O–H groups in total. The van der Waals surface area contributed by atoms with E-state index in [0.29, 0.717) is 17.1 Å². The van der Waals surface area contributed by atoms with E-state index in [1.807, 2.05) is 36.4 Å². The monoisotopic (exact) mass is 319 g/mol. The SMILES string of the molecule is O=C(Nc1ccccc1-c1nn[nH]n1)c1ccc2c(c1)CCCC2. The highest BCUT2D eigenvalue weighted by Crippen LogP contribution is 2.26. The van der Waals surface area contributed by atoms with Crippen LogP contribution in [0.2, 0.25) is 0 Å². The van der Waals surface area contributed by atoms with Crippen molar-refractivity contribution in [3.63, 3.8) is 0 Å². The number of rotatable bonds is 3. The molecule has 120 valence electrons. The third kappa shape index (κ3) is 2.78. The molecule has 0 bridgehead atoms. The molecular weight excluding hydrogens is 302 g/mol. The summed E-state index contributed by atoms with van der Waals surface area (Å²) in [5, 5.41) is 16.9. The summed E-state index contributed by atoms with van der Waals surface area (Å²) in [5.41, 5.74) is 4.74. The standard InChI is InChI=1S/C18H17N5O/c24-18(14-10-9-12-5-1-2-6-13(12)11-14)19-16-8-4-3-7-15(16)17-20-22-23-21-17/h3-4,7-11H,1-2,5-6H2,(H,19,24)(H,20,21,22,23). The van der Waals surface area contributed by atoms with E-state index < -0.39 is 0 Å². The summed E-state index contributed by atoms with van der Waals surface area (Å²) in [4.78, 5) is 12.6. The van der Waals surface area contributed by atoms with Gasteiger partial charge in [0, 0.05) is 11.1 Å². The number of tetrazole rings is 1. The highest BCUT2D eigenvalue weighted by Gasteiger charge is 2.15. The van der Waals surface area contributed by atoms with Crippen molar-refractivity contribution in [3.05, 3.63) is 59.2 Å². The van der Waals surface area contributed by atoms with Gasteiger partial charge in [-0.1, -0.05) is 18.2 Å². The minimum atomic E-state index is -0.126. The molecule has 1 amide bonds. The molecule has 24 heavy (non-hydrogen) atoms. The lowest BCUT2D eigenvalue weighted by atomic mass is 9.90. The van der Waals surface area contributed by atoms with E-state index in [9.17, 15) is 4.79 Å². The highest BCUT2D eigenvalue weighted by molar-refractivity contribution is 6.06. The minimum absolute atomic E-state index is 0.126. The maximum atomic E-state index is 12.6. The lowest BCUT2D eigenvalue weighted by molar-refractivity contribution is 0.102. The molecule has 1 aromatic heterocycles. The Kier molecular flexibility index (Phi) is 3.78. The number of carbonyl (C=O) groups excluding carboxylic acids is 1. The fourth-order valence-electron chi connectivity index (χ4n) is 3.13. The lowest BCUT2D eigenvalue weighted by Gasteiger charge is -2.16. The normalized spacial score (nSPS) is 13.3. The molecule has 0 radical (unpaired) electrons. The molecule has 0 fully saturated rings. The van der Waals surface area contributed by atoms with Gasteiger partial charge in [0.05, 0.1) is 5.69 Å². The molecule has 0 spiro atoms. The summed E-state index contributed by atoms with van der Waals surface area (Å²) in [5.74, 6) is 0.329. The van der Waals surface area contributed by atoms with Gasteiger partial charge in [0.1, 0.15) is 0 Å². The van der Waals surface area contributed by atoms with Gasteiger partial charge in [0.15, 0.2) is 0 Å². The predicted octanol–water partition coefficient (Wildman–Crippen LogP) is 3.00. The number of benzene rings is 2. The molecule has 0 saturated heterocycles. The van der Waals surface area contributed by atoms with Gasteiger partial charge in [-0.2, -0.15) is 5.21 Å². The Morgan fingerprint density at radius 3 is 2.71 bits per heavy atom. The number of anilines is 1. The molecule has 0 unspecified atom stereocenters. The van der Waals surface area contributed by atoms with Crippen molar-refractivity contribution in [2.75, 3.05) is 5.32 Å². The maximum absolute atomic E-state index is 12.6. The number of hydrogen-bond donors (Lipinski definition) is 2. The smallest absolute Gasteiger partial charge is 0.255 e. The third-order valence-electron chi connectivity index (χ3n) is 4.37. The number of carbonyl (C=O) groups is 1. The number of aromatic amines is 1. The topological polar surface area (TPSA) is 83.6 Å². The molecule has 0 aliphatic heterocycles. The Bertz CT molecular complexity index is 873. The van der Waals surface area contributed by atoms with E-state index in [2.05, 4.69) is 32.0 Å². The van der Waals surface area contributed by atoms with E-state index in [4.69, 9.17) is 0 Å². The second-order valence-electron chi connectivity index (χ2n) is 5.93. The Balaban J connectivity index is 1.61. The van der Waals surface area contributed by atoms with Gasteiger partial charge in [-0.3, -0.25) is 4.79 Å². The largest absolute Gasteiger partial charge is 0.321 e. The van der Waals surface area contributed by atoms with Crippen molar-refractivity contribution in [2.24, 2.45) is 0 Å². The summed E-state index contributed by atoms with van der Waals surface area (Å²) in [6.45, 7) is 0. The quantitative estimate of drug-likeness (QED) is 0.777. The first-order chi connectivity index (χ1) is 11.8. The number of fused-ring (bicyclic) bond motifs is 1. The van der Waals surface area contributed by atoms with Crippen molar-refractivity contribution < 1.29 is 4.79 Å². The number of H-pyrrole nitrogens is 1. The third-order valence-corrected chi connectivity index (χ3v) is 4.37. The Labute approximate surface area is 139 Å². The maximum Gasteiger partial charge on any atom is 0.255 e. The zero-order valence-corrected chi connectivity index (χ0v) is 13.1. The van der Waals surface area contributed by atoms with Crippen LogP contribution in [0.5, 0.6) is 0 Å². The first-order valence-corrected chi connectivity index (χ1v) is 8.07. The minimum Gasteiger partial charge on any atom is -0.321 e. The number of para-hydroxylation sites is 1. The van der Waals surface area contributed by atoms with Crippen molar-refractivity contribution in [1.29, 1.82) is 0 Å². The van der Waals surface area contributed by atoms with Gasteiger partial charge in [-0.15, -0.1) is 10.2 Å². The summed E-state index contributed by atoms with van der Waals surface area (Å²) >= 11 is 0. The number of amides is 1. The summed E-state index contributed by atoms with van der Waals surface area (Å²) in [7, 11) is 0. The molecule has 3 aromatic rings. The number of aromatic nitrogens is 4. The Morgan fingerprint density at radius 2 is 1.88 bits per heavy atom. The van der Waals surface area contributed by atoms with Crippen LogP contribution >= 0.6 is 0 Å². The fourth-order valence-corrected chi connectivity index (χ4v) is 3.13. The number of aryl methyl sites for hydroxylation is 2. The fraction of sp³-hybridized carbons (Fsp3) is 0.222. The van der Waals surface area contributed by atoms with Gasteiger partial charge < -0.3 is 5.32 Å². The van der Waals surface area contributed by atoms with Gasteiger partial charge in [-0.25, -0.2) is 0 Å². The molecule has 6 nitrogen and oxygen atoms in total. The zero-order chi connectivity index (χ0) is 16.4.